The van der Waals surface area contributed by atoms with Crippen LogP contribution in [0.25, 0.3) is 22.3 Å². The second-order valence-corrected chi connectivity index (χ2v) is 11.6. The largest absolute Gasteiger partial charge is 0.423 e. The van der Waals surface area contributed by atoms with Gasteiger partial charge in [-0.2, -0.15) is 0 Å². The number of cyclic esters (lactones) is 4. The zero-order valence-corrected chi connectivity index (χ0v) is 26.0. The van der Waals surface area contributed by atoms with E-state index in [-0.39, 0.29) is 45.0 Å². The fourth-order valence-electron chi connectivity index (χ4n) is 5.70. The van der Waals surface area contributed by atoms with Crippen molar-refractivity contribution in [3.8, 4) is 33.8 Å². The van der Waals surface area contributed by atoms with Crippen LogP contribution >= 0.6 is 0 Å². The van der Waals surface area contributed by atoms with Crippen LogP contribution in [0.3, 0.4) is 0 Å². The molecule has 2 aliphatic heterocycles. The molecule has 0 aromatic heterocycles. The van der Waals surface area contributed by atoms with E-state index in [9.17, 15) is 28.8 Å². The number of carbonyl (C=O) groups is 6. The van der Waals surface area contributed by atoms with Gasteiger partial charge in [0.05, 0.1) is 33.4 Å². The highest BCUT2D eigenvalue weighted by Crippen LogP contribution is 2.37. The Morgan fingerprint density at radius 1 is 0.510 bits per heavy atom. The third kappa shape index (κ3) is 5.76. The van der Waals surface area contributed by atoms with E-state index in [0.29, 0.717) is 5.75 Å². The lowest BCUT2D eigenvalue weighted by molar-refractivity contribution is 0.0425. The highest BCUT2D eigenvalue weighted by Gasteiger charge is 2.32. The predicted octanol–water partition coefficient (Wildman–Crippen LogP) is 7.20. The molecule has 0 aliphatic carbocycles. The molecule has 240 valence electrons. The molecule has 0 atom stereocenters. The Morgan fingerprint density at radius 3 is 1.55 bits per heavy atom. The maximum absolute atomic E-state index is 13.1. The molecular formula is C39H24O10. The lowest BCUT2D eigenvalue weighted by atomic mass is 9.91. The standard InChI is InChI=1S/C39H24O10/c1-20(2)30-17-22(11-16-33(30)47-35(41)24-10-15-29-32(19-24)39(45)49-37(29)43)27-6-4-3-5-26(27)21-7-12-25(13-8-21)46-34(40)23-9-14-28-31(18-23)38(44)48-36(28)42/h3-20H,1-2H3. The Labute approximate surface area is 278 Å². The minimum absolute atomic E-state index is 0.0178. The van der Waals surface area contributed by atoms with Gasteiger partial charge in [-0.15, -0.1) is 0 Å². The Bertz CT molecular complexity index is 2260. The smallest absolute Gasteiger partial charge is 0.346 e. The normalized spacial score (nSPS) is 13.1. The van der Waals surface area contributed by atoms with Crippen molar-refractivity contribution < 1.29 is 47.7 Å². The molecule has 0 unspecified atom stereocenters. The van der Waals surface area contributed by atoms with Crippen molar-refractivity contribution in [2.45, 2.75) is 19.8 Å². The number of benzene rings is 5. The fourth-order valence-corrected chi connectivity index (χ4v) is 5.70. The Balaban J connectivity index is 1.11. The average Bonchev–Trinajstić information content (AvgIpc) is 3.56. The molecule has 49 heavy (non-hydrogen) atoms. The van der Waals surface area contributed by atoms with Gasteiger partial charge in [0, 0.05) is 0 Å². The molecule has 0 radical (unpaired) electrons. The second kappa shape index (κ2) is 12.2. The summed E-state index contributed by atoms with van der Waals surface area (Å²) < 4.78 is 20.5. The summed E-state index contributed by atoms with van der Waals surface area (Å²) in [5, 5.41) is 0. The molecule has 10 heteroatoms. The second-order valence-electron chi connectivity index (χ2n) is 11.6. The minimum atomic E-state index is -0.807. The molecule has 0 amide bonds. The van der Waals surface area contributed by atoms with Gasteiger partial charge >= 0.3 is 35.8 Å². The van der Waals surface area contributed by atoms with Gasteiger partial charge in [0.2, 0.25) is 0 Å². The lowest BCUT2D eigenvalue weighted by Crippen LogP contribution is -2.11. The molecule has 5 aromatic rings. The molecule has 10 nitrogen and oxygen atoms in total. The molecule has 2 heterocycles. The third-order valence-corrected chi connectivity index (χ3v) is 8.21. The zero-order valence-electron chi connectivity index (χ0n) is 26.0. The highest BCUT2D eigenvalue weighted by molar-refractivity contribution is 6.16. The van der Waals surface area contributed by atoms with Gasteiger partial charge in [-0.1, -0.05) is 56.3 Å². The first-order chi connectivity index (χ1) is 23.6. The Hall–Kier alpha value is -6.68. The van der Waals surface area contributed by atoms with Gasteiger partial charge in [-0.05, 0) is 94.4 Å². The lowest BCUT2D eigenvalue weighted by Gasteiger charge is -2.17. The number of esters is 6. The van der Waals surface area contributed by atoms with Gasteiger partial charge in [-0.3, -0.25) is 0 Å². The van der Waals surface area contributed by atoms with Crippen LogP contribution in [0.5, 0.6) is 11.5 Å². The number of hydrogen-bond donors (Lipinski definition) is 0. The first kappa shape index (κ1) is 30.9. The van der Waals surface area contributed by atoms with Crippen molar-refractivity contribution in [2.75, 3.05) is 0 Å². The molecule has 2 aliphatic rings. The van der Waals surface area contributed by atoms with E-state index in [4.69, 9.17) is 9.47 Å². The molecule has 0 saturated heterocycles. The van der Waals surface area contributed by atoms with Gasteiger partial charge in [0.25, 0.3) is 0 Å². The monoisotopic (exact) mass is 652 g/mol. The summed E-state index contributed by atoms with van der Waals surface area (Å²) in [5.41, 5.74) is 4.78. The van der Waals surface area contributed by atoms with Crippen LogP contribution in [-0.2, 0) is 9.47 Å². The minimum Gasteiger partial charge on any atom is -0.423 e. The molecular weight excluding hydrogens is 628 g/mol. The third-order valence-electron chi connectivity index (χ3n) is 8.21. The van der Waals surface area contributed by atoms with E-state index in [1.165, 1.54) is 36.4 Å². The summed E-state index contributed by atoms with van der Waals surface area (Å²) in [4.78, 5) is 73.3. The van der Waals surface area contributed by atoms with E-state index in [1.807, 2.05) is 62.4 Å². The van der Waals surface area contributed by atoms with Crippen LogP contribution in [0.15, 0.2) is 103 Å². The van der Waals surface area contributed by atoms with Gasteiger partial charge in [0.1, 0.15) is 11.5 Å². The van der Waals surface area contributed by atoms with E-state index in [0.717, 1.165) is 27.8 Å². The summed E-state index contributed by atoms with van der Waals surface area (Å²) in [6.07, 6.45) is 0. The van der Waals surface area contributed by atoms with Crippen molar-refractivity contribution in [3.63, 3.8) is 0 Å². The first-order valence-electron chi connectivity index (χ1n) is 15.2. The molecule has 0 bridgehead atoms. The fraction of sp³-hybridized carbons (Fsp3) is 0.0769. The Kier molecular flexibility index (Phi) is 7.68. The highest BCUT2D eigenvalue weighted by atomic mass is 16.6. The van der Waals surface area contributed by atoms with Gasteiger partial charge < -0.3 is 18.9 Å². The maximum Gasteiger partial charge on any atom is 0.346 e. The van der Waals surface area contributed by atoms with Crippen LogP contribution in [-0.4, -0.2) is 35.8 Å². The number of fused-ring (bicyclic) bond motifs is 2. The average molecular weight is 653 g/mol. The molecule has 0 saturated carbocycles. The molecule has 0 N–H and O–H groups in total. The first-order valence-corrected chi connectivity index (χ1v) is 15.2. The SMILES string of the molecule is CC(C)c1cc(-c2ccccc2-c2ccc(OC(=O)c3ccc4c(c3)C(=O)OC4=O)cc2)ccc1OC(=O)c1ccc2c(c1)C(=O)OC2=O. The topological polar surface area (TPSA) is 139 Å². The van der Waals surface area contributed by atoms with Crippen LogP contribution in [0, 0.1) is 0 Å². The summed E-state index contributed by atoms with van der Waals surface area (Å²) >= 11 is 0. The summed E-state index contributed by atoms with van der Waals surface area (Å²) in [6, 6.07) is 28.4. The van der Waals surface area contributed by atoms with Crippen LogP contribution in [0.2, 0.25) is 0 Å². The summed E-state index contributed by atoms with van der Waals surface area (Å²) in [5.74, 6) is -3.87. The quantitative estimate of drug-likeness (QED) is 0.101. The molecule has 7 rings (SSSR count). The van der Waals surface area contributed by atoms with Crippen molar-refractivity contribution in [3.05, 3.63) is 142 Å². The molecule has 5 aromatic carbocycles. The van der Waals surface area contributed by atoms with E-state index in [2.05, 4.69) is 9.47 Å². The molecule has 0 spiro atoms. The number of hydrogen-bond acceptors (Lipinski definition) is 10. The number of rotatable bonds is 7. The van der Waals surface area contributed by atoms with Crippen molar-refractivity contribution in [1.29, 1.82) is 0 Å². The van der Waals surface area contributed by atoms with Crippen LogP contribution in [0.4, 0.5) is 0 Å². The summed E-state index contributed by atoms with van der Waals surface area (Å²) in [6.45, 7) is 3.96. The van der Waals surface area contributed by atoms with E-state index >= 15 is 0 Å². The van der Waals surface area contributed by atoms with E-state index in [1.54, 1.807) is 18.2 Å². The van der Waals surface area contributed by atoms with Gasteiger partial charge in [-0.25, -0.2) is 28.8 Å². The van der Waals surface area contributed by atoms with Crippen LogP contribution in [0.1, 0.15) is 87.5 Å². The summed E-state index contributed by atoms with van der Waals surface area (Å²) in [7, 11) is 0. The maximum atomic E-state index is 13.1. The number of ether oxygens (including phenoxy) is 4. The van der Waals surface area contributed by atoms with Gasteiger partial charge in [0.15, 0.2) is 0 Å². The molecule has 0 fully saturated rings. The van der Waals surface area contributed by atoms with E-state index < -0.39 is 35.8 Å². The predicted molar refractivity (Wildman–Crippen MR) is 174 cm³/mol. The zero-order chi connectivity index (χ0) is 34.4. The number of carbonyl (C=O) groups excluding carboxylic acids is 6. The van der Waals surface area contributed by atoms with Crippen molar-refractivity contribution in [2.24, 2.45) is 0 Å². The van der Waals surface area contributed by atoms with Crippen molar-refractivity contribution >= 4 is 35.8 Å². The van der Waals surface area contributed by atoms with Crippen LogP contribution < -0.4 is 9.47 Å². The Morgan fingerprint density at radius 2 is 1.00 bits per heavy atom. The van der Waals surface area contributed by atoms with Crippen molar-refractivity contribution in [1.82, 2.24) is 0 Å².